The first-order valence-electron chi connectivity index (χ1n) is 9.47. The van der Waals surface area contributed by atoms with Gasteiger partial charge in [-0.15, -0.1) is 0 Å². The Morgan fingerprint density at radius 1 is 1.22 bits per heavy atom. The van der Waals surface area contributed by atoms with Gasteiger partial charge in [-0.1, -0.05) is 17.3 Å². The van der Waals surface area contributed by atoms with Crippen molar-refractivity contribution >= 4 is 5.91 Å². The highest BCUT2D eigenvalue weighted by Gasteiger charge is 2.55. The van der Waals surface area contributed by atoms with Crippen molar-refractivity contribution in [2.24, 2.45) is 5.92 Å². The lowest BCUT2D eigenvalue weighted by molar-refractivity contribution is -0.00387. The van der Waals surface area contributed by atoms with Gasteiger partial charge >= 0.3 is 0 Å². The van der Waals surface area contributed by atoms with Gasteiger partial charge in [0.15, 0.2) is 17.3 Å². The highest BCUT2D eigenvalue weighted by Crippen LogP contribution is 2.47. The molecule has 2 bridgehead atoms. The Hall–Kier alpha value is -2.28. The van der Waals surface area contributed by atoms with E-state index in [0.717, 1.165) is 32.0 Å². The quantitative estimate of drug-likeness (QED) is 0.812. The fourth-order valence-corrected chi connectivity index (χ4v) is 5.35. The third-order valence-corrected chi connectivity index (χ3v) is 6.48. The molecule has 6 rings (SSSR count). The summed E-state index contributed by atoms with van der Waals surface area (Å²) in [4.78, 5) is 17.3. The topological polar surface area (TPSA) is 49.6 Å². The molecule has 7 heteroatoms. The number of halogens is 2. The maximum Gasteiger partial charge on any atom is 0.276 e. The summed E-state index contributed by atoms with van der Waals surface area (Å²) in [6, 6.07) is 5.99. The van der Waals surface area contributed by atoms with Crippen LogP contribution in [0.25, 0.3) is 0 Å². The average Bonchev–Trinajstić information content (AvgIpc) is 3.30. The zero-order valence-electron chi connectivity index (χ0n) is 15.1. The lowest BCUT2D eigenvalue weighted by Gasteiger charge is -2.51. The zero-order chi connectivity index (χ0) is 18.7. The molecule has 1 aromatic heterocycles. The maximum atomic E-state index is 14.6. The predicted octanol–water partition coefficient (Wildman–Crippen LogP) is 2.96. The predicted molar refractivity (Wildman–Crippen MR) is 93.2 cm³/mol. The summed E-state index contributed by atoms with van der Waals surface area (Å²) >= 11 is 0. The highest BCUT2D eigenvalue weighted by atomic mass is 19.2. The van der Waals surface area contributed by atoms with Crippen molar-refractivity contribution in [2.45, 2.75) is 37.8 Å². The summed E-state index contributed by atoms with van der Waals surface area (Å²) < 4.78 is 33.5. The summed E-state index contributed by atoms with van der Waals surface area (Å²) in [6.07, 6.45) is 2.06. The molecule has 0 radical (unpaired) electrons. The fourth-order valence-electron chi connectivity index (χ4n) is 5.35. The van der Waals surface area contributed by atoms with Gasteiger partial charge in [0.1, 0.15) is 5.76 Å². The minimum absolute atomic E-state index is 0.00433. The number of nitrogens with zero attached hydrogens (tertiary/aromatic N) is 3. The normalized spacial score (nSPS) is 32.0. The Bertz CT molecular complexity index is 891. The SMILES string of the molecule is Cc1cc(C(=O)N2C[C@H](c3cccc(F)c3F)[C@H]3[C@@H]2C2CCN3CC2)no1. The summed E-state index contributed by atoms with van der Waals surface area (Å²) in [7, 11) is 0. The number of benzene rings is 1. The Morgan fingerprint density at radius 3 is 2.70 bits per heavy atom. The van der Waals surface area contributed by atoms with E-state index in [1.165, 1.54) is 0 Å². The molecule has 142 valence electrons. The smallest absolute Gasteiger partial charge is 0.276 e. The van der Waals surface area contributed by atoms with Crippen LogP contribution in [0.5, 0.6) is 0 Å². The molecule has 0 N–H and O–H groups in total. The Kier molecular flexibility index (Phi) is 3.82. The molecule has 5 heterocycles. The van der Waals surface area contributed by atoms with Crippen molar-refractivity contribution in [2.75, 3.05) is 19.6 Å². The second-order valence-corrected chi connectivity index (χ2v) is 7.88. The molecule has 4 aliphatic heterocycles. The summed E-state index contributed by atoms with van der Waals surface area (Å²) in [5, 5.41) is 3.88. The van der Waals surface area contributed by atoms with Gasteiger partial charge in [0, 0.05) is 24.6 Å². The lowest BCUT2D eigenvalue weighted by atomic mass is 9.75. The molecular weight excluding hydrogens is 352 g/mol. The molecule has 0 spiro atoms. The minimum Gasteiger partial charge on any atom is -0.361 e. The number of hydrogen-bond acceptors (Lipinski definition) is 4. The van der Waals surface area contributed by atoms with Gasteiger partial charge in [0.05, 0.1) is 6.04 Å². The third-order valence-electron chi connectivity index (χ3n) is 6.48. The number of rotatable bonds is 2. The number of carbonyl (C=O) groups excluding carboxylic acids is 1. The number of hydrogen-bond donors (Lipinski definition) is 0. The Labute approximate surface area is 155 Å². The molecule has 27 heavy (non-hydrogen) atoms. The Balaban J connectivity index is 1.56. The first-order valence-corrected chi connectivity index (χ1v) is 9.47. The van der Waals surface area contributed by atoms with Gasteiger partial charge in [-0.25, -0.2) is 8.78 Å². The van der Waals surface area contributed by atoms with Crippen LogP contribution in [0, 0.1) is 24.5 Å². The second-order valence-electron chi connectivity index (χ2n) is 7.88. The molecule has 5 nitrogen and oxygen atoms in total. The van der Waals surface area contributed by atoms with Crippen molar-refractivity contribution in [3.63, 3.8) is 0 Å². The van der Waals surface area contributed by atoms with Crippen molar-refractivity contribution in [1.82, 2.24) is 15.0 Å². The van der Waals surface area contributed by atoms with Crippen molar-refractivity contribution in [1.29, 1.82) is 0 Å². The van der Waals surface area contributed by atoms with Gasteiger partial charge in [0.2, 0.25) is 0 Å². The molecular formula is C20H21F2N3O2. The monoisotopic (exact) mass is 373 g/mol. The third kappa shape index (κ3) is 2.51. The maximum absolute atomic E-state index is 14.6. The molecule has 3 atom stereocenters. The van der Waals surface area contributed by atoms with E-state index in [0.29, 0.717) is 23.8 Å². The molecule has 0 aliphatic carbocycles. The van der Waals surface area contributed by atoms with E-state index < -0.39 is 11.6 Å². The number of carbonyl (C=O) groups is 1. The lowest BCUT2D eigenvalue weighted by Crippen LogP contribution is -2.60. The summed E-state index contributed by atoms with van der Waals surface area (Å²) in [5.74, 6) is -1.10. The van der Waals surface area contributed by atoms with Crippen LogP contribution in [-0.2, 0) is 0 Å². The van der Waals surface area contributed by atoms with E-state index in [1.54, 1.807) is 25.1 Å². The van der Waals surface area contributed by atoms with E-state index in [9.17, 15) is 13.6 Å². The van der Waals surface area contributed by atoms with Crippen LogP contribution in [-0.4, -0.2) is 52.6 Å². The average molecular weight is 373 g/mol. The molecule has 1 amide bonds. The van der Waals surface area contributed by atoms with Crippen LogP contribution in [0.3, 0.4) is 0 Å². The first kappa shape index (κ1) is 16.9. The number of piperidine rings is 3. The minimum atomic E-state index is -0.836. The second kappa shape index (κ2) is 6.12. The fraction of sp³-hybridized carbons (Fsp3) is 0.500. The molecule has 2 aromatic rings. The zero-order valence-corrected chi connectivity index (χ0v) is 15.1. The van der Waals surface area contributed by atoms with Crippen molar-refractivity contribution in [3.8, 4) is 0 Å². The van der Waals surface area contributed by atoms with Crippen LogP contribution in [0.15, 0.2) is 28.8 Å². The molecule has 0 saturated carbocycles. The van der Waals surface area contributed by atoms with Crippen LogP contribution >= 0.6 is 0 Å². The standard InChI is InChI=1S/C20H21F2N3O2/c1-11-9-16(23-27-11)20(26)25-10-14(13-3-2-4-15(21)17(13)22)19-18(25)12-5-7-24(19)8-6-12/h2-4,9,12,14,18-19H,5-8,10H2,1H3/t14-,18+,19+/m1/s1. The van der Waals surface area contributed by atoms with Crippen molar-refractivity contribution < 1.29 is 18.1 Å². The van der Waals surface area contributed by atoms with Crippen LogP contribution in [0.4, 0.5) is 8.78 Å². The highest BCUT2D eigenvalue weighted by molar-refractivity contribution is 5.93. The molecule has 0 unspecified atom stereocenters. The van der Waals surface area contributed by atoms with E-state index in [2.05, 4.69) is 10.1 Å². The van der Waals surface area contributed by atoms with Crippen LogP contribution < -0.4 is 0 Å². The van der Waals surface area contributed by atoms with Gasteiger partial charge in [-0.05, 0) is 50.4 Å². The first-order chi connectivity index (χ1) is 13.0. The molecule has 4 aliphatic rings. The number of aromatic nitrogens is 1. The van der Waals surface area contributed by atoms with Gasteiger partial charge in [-0.3, -0.25) is 9.69 Å². The number of likely N-dealkylation sites (tertiary alicyclic amines) is 1. The number of aryl methyl sites for hydroxylation is 1. The Morgan fingerprint density at radius 2 is 2.00 bits per heavy atom. The summed E-state index contributed by atoms with van der Waals surface area (Å²) in [6.45, 7) is 4.01. The van der Waals surface area contributed by atoms with Gasteiger partial charge in [0.25, 0.3) is 5.91 Å². The molecule has 4 saturated heterocycles. The molecule has 4 fully saturated rings. The largest absolute Gasteiger partial charge is 0.361 e. The van der Waals surface area contributed by atoms with Gasteiger partial charge in [-0.2, -0.15) is 0 Å². The number of fused-ring (bicyclic) bond motifs is 2. The summed E-state index contributed by atoms with van der Waals surface area (Å²) in [5.41, 5.74) is 0.646. The van der Waals surface area contributed by atoms with E-state index in [4.69, 9.17) is 4.52 Å². The van der Waals surface area contributed by atoms with Crippen molar-refractivity contribution in [3.05, 3.63) is 52.9 Å². The van der Waals surface area contributed by atoms with E-state index in [-0.39, 0.29) is 29.6 Å². The van der Waals surface area contributed by atoms with Crippen LogP contribution in [0.2, 0.25) is 0 Å². The van der Waals surface area contributed by atoms with E-state index >= 15 is 0 Å². The molecule has 1 aromatic carbocycles. The van der Waals surface area contributed by atoms with E-state index in [1.807, 2.05) is 4.90 Å². The number of amides is 1. The van der Waals surface area contributed by atoms with Gasteiger partial charge < -0.3 is 9.42 Å². The van der Waals surface area contributed by atoms with Crippen LogP contribution in [0.1, 0.15) is 40.6 Å².